The van der Waals surface area contributed by atoms with Gasteiger partial charge in [0.15, 0.2) is 0 Å². The van der Waals surface area contributed by atoms with Crippen molar-refractivity contribution in [3.8, 4) is 21.1 Å². The minimum atomic E-state index is -0.111. The number of rotatable bonds is 5. The van der Waals surface area contributed by atoms with E-state index in [9.17, 15) is 4.79 Å². The molecule has 2 bridgehead atoms. The lowest BCUT2D eigenvalue weighted by Gasteiger charge is -2.50. The van der Waals surface area contributed by atoms with Crippen molar-refractivity contribution in [2.75, 3.05) is 5.32 Å². The summed E-state index contributed by atoms with van der Waals surface area (Å²) in [6, 6.07) is 14.0. The highest BCUT2D eigenvalue weighted by Crippen LogP contribution is 2.48. The molecule has 2 amide bonds. The van der Waals surface area contributed by atoms with Crippen LogP contribution in [0.5, 0.6) is 0 Å². The molecule has 2 N–H and O–H groups in total. The van der Waals surface area contributed by atoms with Gasteiger partial charge in [0.2, 0.25) is 0 Å². The van der Waals surface area contributed by atoms with E-state index in [0.29, 0.717) is 11.8 Å². The van der Waals surface area contributed by atoms with Gasteiger partial charge in [-0.25, -0.2) is 14.8 Å². The van der Waals surface area contributed by atoms with Gasteiger partial charge < -0.3 is 10.6 Å². The van der Waals surface area contributed by atoms with E-state index in [1.165, 1.54) is 19.3 Å². The summed E-state index contributed by atoms with van der Waals surface area (Å²) in [5, 5.41) is 10.7. The minimum Gasteiger partial charge on any atom is -0.332 e. The van der Waals surface area contributed by atoms with Gasteiger partial charge in [-0.15, -0.1) is 22.7 Å². The number of aromatic nitrogens is 2. The number of nitrogens with zero attached hydrogens (tertiary/aromatic N) is 2. The minimum absolute atomic E-state index is 0.0794. The predicted octanol–water partition coefficient (Wildman–Crippen LogP) is 8.20. The molecule has 4 atom stereocenters. The van der Waals surface area contributed by atoms with Crippen molar-refractivity contribution in [1.82, 2.24) is 15.3 Å². The Morgan fingerprint density at radius 2 is 1.69 bits per heavy atom. The molecule has 0 radical (unpaired) electrons. The zero-order chi connectivity index (χ0) is 24.7. The number of thiophene rings is 2. The summed E-state index contributed by atoms with van der Waals surface area (Å²) >= 11 is 3.33. The monoisotopic (exact) mass is 516 g/mol. The zero-order valence-corrected chi connectivity index (χ0v) is 22.4. The fraction of sp³-hybridized carbons (Fsp3) is 0.414. The number of anilines is 1. The molecule has 1 aromatic carbocycles. The maximum absolute atomic E-state index is 13.2. The molecule has 7 heteroatoms. The van der Waals surface area contributed by atoms with Crippen LogP contribution >= 0.6 is 22.7 Å². The van der Waals surface area contributed by atoms with Crippen molar-refractivity contribution in [3.63, 3.8) is 0 Å². The Morgan fingerprint density at radius 1 is 0.972 bits per heavy atom. The highest BCUT2D eigenvalue weighted by atomic mass is 32.1. The van der Waals surface area contributed by atoms with Gasteiger partial charge in [-0.2, -0.15) is 0 Å². The molecule has 6 rings (SSSR count). The Kier molecular flexibility index (Phi) is 6.30. The van der Waals surface area contributed by atoms with Crippen molar-refractivity contribution in [2.24, 2.45) is 17.8 Å². The molecule has 2 aliphatic carbocycles. The van der Waals surface area contributed by atoms with E-state index < -0.39 is 0 Å². The molecule has 2 saturated carbocycles. The van der Waals surface area contributed by atoms with Crippen LogP contribution in [-0.2, 0) is 0 Å². The molecule has 0 aliphatic heterocycles. The highest BCUT2D eigenvalue weighted by Gasteiger charge is 2.45. The topological polar surface area (TPSA) is 66.9 Å². The van der Waals surface area contributed by atoms with Crippen LogP contribution in [0, 0.1) is 17.8 Å². The van der Waals surface area contributed by atoms with Gasteiger partial charge in [0.1, 0.15) is 11.4 Å². The van der Waals surface area contributed by atoms with Crippen LogP contribution in [0.2, 0.25) is 0 Å². The Balaban J connectivity index is 1.27. The van der Waals surface area contributed by atoms with E-state index in [0.717, 1.165) is 63.0 Å². The number of carbonyl (C=O) groups is 1. The maximum Gasteiger partial charge on any atom is 0.319 e. The number of urea groups is 1. The molecule has 3 heterocycles. The fourth-order valence-corrected chi connectivity index (χ4v) is 8.09. The van der Waals surface area contributed by atoms with Crippen molar-refractivity contribution < 1.29 is 4.79 Å². The maximum atomic E-state index is 13.2. The highest BCUT2D eigenvalue weighted by molar-refractivity contribution is 7.14. The van der Waals surface area contributed by atoms with Crippen LogP contribution in [-0.4, -0.2) is 21.5 Å². The number of carbonyl (C=O) groups excluding carboxylic acids is 1. The van der Waals surface area contributed by atoms with Crippen molar-refractivity contribution in [2.45, 2.75) is 57.9 Å². The van der Waals surface area contributed by atoms with Crippen LogP contribution in [0.3, 0.4) is 0 Å². The summed E-state index contributed by atoms with van der Waals surface area (Å²) in [7, 11) is 0. The van der Waals surface area contributed by atoms with Gasteiger partial charge in [0, 0.05) is 11.2 Å². The molecule has 2 fully saturated rings. The molecule has 36 heavy (non-hydrogen) atoms. The molecular weight excluding hydrogens is 484 g/mol. The van der Waals surface area contributed by atoms with Crippen molar-refractivity contribution >= 4 is 45.4 Å². The third-order valence-electron chi connectivity index (χ3n) is 7.89. The standard InChI is InChI=1S/C29H32N4OS2/c1-3-19-13-20-12-18(2)15-29(16-19,17-20)33-28(34)30-21-8-9-22-23(14-21)32-27(25-7-5-11-36-25)26(31-22)24-6-4-10-35-24/h4-11,14,18-20H,3,12-13,15-17H2,1-2H3,(H2,30,33,34). The summed E-state index contributed by atoms with van der Waals surface area (Å²) in [5.41, 5.74) is 4.06. The van der Waals surface area contributed by atoms with Crippen molar-refractivity contribution in [3.05, 3.63) is 53.2 Å². The van der Waals surface area contributed by atoms with Gasteiger partial charge in [0.05, 0.1) is 20.8 Å². The molecule has 5 nitrogen and oxygen atoms in total. The second kappa shape index (κ2) is 9.60. The lowest BCUT2D eigenvalue weighted by Crippen LogP contribution is -2.57. The predicted molar refractivity (Wildman–Crippen MR) is 151 cm³/mol. The Hall–Kier alpha value is -2.77. The average molecular weight is 517 g/mol. The van der Waals surface area contributed by atoms with E-state index in [2.05, 4.69) is 47.4 Å². The van der Waals surface area contributed by atoms with Gasteiger partial charge in [-0.1, -0.05) is 32.4 Å². The first kappa shape index (κ1) is 23.6. The Labute approximate surface area is 220 Å². The number of hydrogen-bond donors (Lipinski definition) is 2. The lowest BCUT2D eigenvalue weighted by molar-refractivity contribution is 0.0571. The molecule has 2 aliphatic rings. The molecule has 4 aromatic rings. The smallest absolute Gasteiger partial charge is 0.319 e. The van der Waals surface area contributed by atoms with Gasteiger partial charge in [-0.05, 0) is 90.9 Å². The van der Waals surface area contributed by atoms with E-state index >= 15 is 0 Å². The lowest BCUT2D eigenvalue weighted by atomic mass is 9.60. The van der Waals surface area contributed by atoms with Crippen molar-refractivity contribution in [1.29, 1.82) is 0 Å². The molecule has 3 aromatic heterocycles. The summed E-state index contributed by atoms with van der Waals surface area (Å²) in [6.45, 7) is 4.62. The third-order valence-corrected chi connectivity index (χ3v) is 9.64. The van der Waals surface area contributed by atoms with Crippen LogP contribution in [0.1, 0.15) is 52.4 Å². The largest absolute Gasteiger partial charge is 0.332 e. The quantitative estimate of drug-likeness (QED) is 0.281. The second-order valence-electron chi connectivity index (χ2n) is 10.8. The summed E-state index contributed by atoms with van der Waals surface area (Å²) in [6.07, 6.45) is 7.09. The number of nitrogens with one attached hydrogen (secondary N) is 2. The van der Waals surface area contributed by atoms with Crippen LogP contribution in [0.25, 0.3) is 32.2 Å². The molecule has 0 spiro atoms. The average Bonchev–Trinajstić information content (AvgIpc) is 3.56. The van der Waals surface area contributed by atoms with E-state index in [4.69, 9.17) is 9.97 Å². The van der Waals surface area contributed by atoms with Crippen LogP contribution in [0.15, 0.2) is 53.2 Å². The fourth-order valence-electron chi connectivity index (χ4n) is 6.66. The van der Waals surface area contributed by atoms with Crippen LogP contribution in [0.4, 0.5) is 10.5 Å². The van der Waals surface area contributed by atoms with Crippen LogP contribution < -0.4 is 10.6 Å². The van der Waals surface area contributed by atoms with Gasteiger partial charge in [-0.3, -0.25) is 0 Å². The normalized spacial score (nSPS) is 25.6. The van der Waals surface area contributed by atoms with Gasteiger partial charge in [0.25, 0.3) is 0 Å². The third kappa shape index (κ3) is 4.66. The molecular formula is C29H32N4OS2. The number of fused-ring (bicyclic) bond motifs is 3. The van der Waals surface area contributed by atoms with E-state index in [-0.39, 0.29) is 11.6 Å². The molecule has 0 saturated heterocycles. The first-order valence-corrected chi connectivity index (χ1v) is 14.7. The van der Waals surface area contributed by atoms with E-state index in [1.54, 1.807) is 22.7 Å². The zero-order valence-electron chi connectivity index (χ0n) is 20.8. The Bertz CT molecular complexity index is 1360. The van der Waals surface area contributed by atoms with Gasteiger partial charge >= 0.3 is 6.03 Å². The second-order valence-corrected chi connectivity index (χ2v) is 12.7. The number of amides is 2. The summed E-state index contributed by atoms with van der Waals surface area (Å²) in [5.74, 6) is 2.10. The van der Waals surface area contributed by atoms with E-state index in [1.807, 2.05) is 30.3 Å². The number of hydrogen-bond acceptors (Lipinski definition) is 5. The first-order chi connectivity index (χ1) is 17.5. The molecule has 186 valence electrons. The summed E-state index contributed by atoms with van der Waals surface area (Å²) in [4.78, 5) is 25.4. The first-order valence-electron chi connectivity index (χ1n) is 13.0. The Morgan fingerprint density at radius 3 is 2.36 bits per heavy atom. The molecule has 4 unspecified atom stereocenters. The SMILES string of the molecule is CCC1CC2CC(C)CC(NC(=O)Nc3ccc4nc(-c5cccs5)c(-c5cccs5)nc4c3)(C1)C2. The number of benzene rings is 1. The summed E-state index contributed by atoms with van der Waals surface area (Å²) < 4.78 is 0.